The van der Waals surface area contributed by atoms with Gasteiger partial charge in [-0.15, -0.1) is 11.8 Å². The summed E-state index contributed by atoms with van der Waals surface area (Å²) in [5.74, 6) is 4.11. The Morgan fingerprint density at radius 3 is 2.41 bits per heavy atom. The van der Waals surface area contributed by atoms with E-state index < -0.39 is 0 Å². The van der Waals surface area contributed by atoms with Crippen LogP contribution in [0.1, 0.15) is 0 Å². The van der Waals surface area contributed by atoms with Gasteiger partial charge in [0.05, 0.1) is 19.1 Å². The van der Waals surface area contributed by atoms with Gasteiger partial charge in [0.15, 0.2) is 0 Å². The van der Waals surface area contributed by atoms with Crippen LogP contribution in [-0.2, 0) is 4.74 Å². The number of aromatic nitrogens is 5. The highest BCUT2D eigenvalue weighted by atomic mass is 32.2. The molecular formula is C13H17N7OS. The number of anilines is 2. The van der Waals surface area contributed by atoms with Gasteiger partial charge in [0.2, 0.25) is 17.8 Å². The van der Waals surface area contributed by atoms with Crippen molar-refractivity contribution in [2.45, 2.75) is 0 Å². The van der Waals surface area contributed by atoms with Gasteiger partial charge in [-0.25, -0.2) is 4.98 Å². The van der Waals surface area contributed by atoms with Crippen molar-refractivity contribution in [2.24, 2.45) is 0 Å². The summed E-state index contributed by atoms with van der Waals surface area (Å²) in [4.78, 5) is 22.3. The molecule has 0 atom stereocenters. The highest BCUT2D eigenvalue weighted by molar-refractivity contribution is 7.99. The van der Waals surface area contributed by atoms with Crippen LogP contribution in [0.5, 0.6) is 0 Å². The average molecular weight is 319 g/mol. The number of imidazole rings is 1. The molecule has 2 aromatic heterocycles. The van der Waals surface area contributed by atoms with Crippen molar-refractivity contribution in [3.8, 4) is 5.95 Å². The second kappa shape index (κ2) is 6.09. The Morgan fingerprint density at radius 2 is 1.73 bits per heavy atom. The molecule has 0 unspecified atom stereocenters. The number of rotatable bonds is 3. The van der Waals surface area contributed by atoms with Crippen LogP contribution in [0.2, 0.25) is 0 Å². The van der Waals surface area contributed by atoms with E-state index in [9.17, 15) is 0 Å². The predicted octanol–water partition coefficient (Wildman–Crippen LogP) is 0.405. The molecule has 2 aliphatic rings. The van der Waals surface area contributed by atoms with Gasteiger partial charge in [-0.3, -0.25) is 4.57 Å². The fraction of sp³-hybridized carbons (Fsp3) is 0.538. The molecule has 2 aromatic rings. The summed E-state index contributed by atoms with van der Waals surface area (Å²) in [6.45, 7) is 4.01. The molecule has 2 aliphatic heterocycles. The van der Waals surface area contributed by atoms with E-state index in [0.717, 1.165) is 37.2 Å². The summed E-state index contributed by atoms with van der Waals surface area (Å²) in [6.07, 6.45) is 5.28. The molecular weight excluding hydrogens is 302 g/mol. The van der Waals surface area contributed by atoms with Crippen LogP contribution in [0.15, 0.2) is 18.7 Å². The minimum atomic E-state index is 0.612. The van der Waals surface area contributed by atoms with Crippen molar-refractivity contribution in [1.29, 1.82) is 0 Å². The first-order valence-electron chi connectivity index (χ1n) is 7.30. The van der Waals surface area contributed by atoms with Crippen molar-refractivity contribution in [1.82, 2.24) is 24.5 Å². The highest BCUT2D eigenvalue weighted by Gasteiger charge is 2.21. The second-order valence-corrected chi connectivity index (χ2v) is 6.18. The summed E-state index contributed by atoms with van der Waals surface area (Å²) in [5.41, 5.74) is 0. The van der Waals surface area contributed by atoms with Crippen LogP contribution in [0.4, 0.5) is 11.9 Å². The number of ether oxygens (including phenoxy) is 1. The third kappa shape index (κ3) is 2.73. The number of hydrogen-bond acceptors (Lipinski definition) is 8. The molecule has 4 heterocycles. The predicted molar refractivity (Wildman–Crippen MR) is 84.7 cm³/mol. The third-order valence-electron chi connectivity index (χ3n) is 3.66. The van der Waals surface area contributed by atoms with Crippen LogP contribution < -0.4 is 9.80 Å². The lowest BCUT2D eigenvalue weighted by atomic mass is 10.4. The van der Waals surface area contributed by atoms with Gasteiger partial charge in [-0.1, -0.05) is 0 Å². The van der Waals surface area contributed by atoms with Crippen molar-refractivity contribution < 1.29 is 4.74 Å². The number of nitrogens with zero attached hydrogens (tertiary/aromatic N) is 7. The van der Waals surface area contributed by atoms with Crippen LogP contribution in [0, 0.1) is 0 Å². The first kappa shape index (κ1) is 13.8. The largest absolute Gasteiger partial charge is 0.378 e. The number of hydrogen-bond donors (Lipinski definition) is 0. The molecule has 2 saturated heterocycles. The van der Waals surface area contributed by atoms with Crippen molar-refractivity contribution in [2.75, 3.05) is 54.3 Å². The van der Waals surface area contributed by atoms with E-state index in [2.05, 4.69) is 29.7 Å². The smallest absolute Gasteiger partial charge is 0.241 e. The zero-order valence-corrected chi connectivity index (χ0v) is 12.9. The summed E-state index contributed by atoms with van der Waals surface area (Å²) in [5, 5.41) is 0. The van der Waals surface area contributed by atoms with E-state index in [0.29, 0.717) is 25.1 Å². The molecule has 0 N–H and O–H groups in total. The van der Waals surface area contributed by atoms with Gasteiger partial charge in [0.25, 0.3) is 0 Å². The van der Waals surface area contributed by atoms with Crippen LogP contribution in [-0.4, -0.2) is 69.0 Å². The fourth-order valence-electron chi connectivity index (χ4n) is 2.45. The zero-order chi connectivity index (χ0) is 14.8. The molecule has 0 aliphatic carbocycles. The zero-order valence-electron chi connectivity index (χ0n) is 12.1. The minimum Gasteiger partial charge on any atom is -0.378 e. The Kier molecular flexibility index (Phi) is 3.81. The Balaban J connectivity index is 1.72. The van der Waals surface area contributed by atoms with E-state index in [1.165, 1.54) is 0 Å². The summed E-state index contributed by atoms with van der Waals surface area (Å²) in [6, 6.07) is 0. The molecule has 0 spiro atoms. The molecule has 0 saturated carbocycles. The Hall–Kier alpha value is -1.87. The molecule has 2 fully saturated rings. The van der Waals surface area contributed by atoms with Gasteiger partial charge in [-0.2, -0.15) is 15.0 Å². The van der Waals surface area contributed by atoms with Crippen molar-refractivity contribution >= 4 is 23.7 Å². The summed E-state index contributed by atoms with van der Waals surface area (Å²) >= 11 is 1.89. The van der Waals surface area contributed by atoms with Crippen molar-refractivity contribution in [3.63, 3.8) is 0 Å². The molecule has 116 valence electrons. The molecule has 0 amide bonds. The fourth-order valence-corrected chi connectivity index (χ4v) is 3.40. The van der Waals surface area contributed by atoms with Crippen molar-refractivity contribution in [3.05, 3.63) is 18.7 Å². The molecule has 0 bridgehead atoms. The lowest BCUT2D eigenvalue weighted by Crippen LogP contribution is -2.38. The highest BCUT2D eigenvalue weighted by Crippen LogP contribution is 2.22. The van der Waals surface area contributed by atoms with Gasteiger partial charge >= 0.3 is 0 Å². The van der Waals surface area contributed by atoms with E-state index in [1.807, 2.05) is 22.5 Å². The quantitative estimate of drug-likeness (QED) is 0.805. The lowest BCUT2D eigenvalue weighted by Gasteiger charge is -2.27. The Bertz CT molecular complexity index is 623. The van der Waals surface area contributed by atoms with Crippen LogP contribution >= 0.6 is 11.8 Å². The number of morpholine rings is 1. The summed E-state index contributed by atoms with van der Waals surface area (Å²) in [7, 11) is 0. The maximum absolute atomic E-state index is 5.41. The maximum atomic E-state index is 5.41. The van der Waals surface area contributed by atoms with Gasteiger partial charge in [-0.05, 0) is 0 Å². The first-order valence-corrected chi connectivity index (χ1v) is 8.45. The molecule has 22 heavy (non-hydrogen) atoms. The topological polar surface area (TPSA) is 72.2 Å². The molecule has 0 aromatic carbocycles. The Morgan fingerprint density at radius 1 is 0.955 bits per heavy atom. The van der Waals surface area contributed by atoms with E-state index >= 15 is 0 Å². The number of thioether (sulfide) groups is 1. The van der Waals surface area contributed by atoms with E-state index in [4.69, 9.17) is 4.74 Å². The van der Waals surface area contributed by atoms with Crippen LogP contribution in [0.25, 0.3) is 5.95 Å². The SMILES string of the molecule is c1cn(-c2nc(N3CCOCC3)nc(N3CCSC3)n2)cn1. The third-order valence-corrected chi connectivity index (χ3v) is 4.63. The normalized spacial score (nSPS) is 18.9. The molecule has 9 heteroatoms. The molecule has 4 rings (SSSR count). The van der Waals surface area contributed by atoms with E-state index in [1.54, 1.807) is 12.5 Å². The minimum absolute atomic E-state index is 0.612. The summed E-state index contributed by atoms with van der Waals surface area (Å²) < 4.78 is 7.23. The average Bonchev–Trinajstić information content (AvgIpc) is 3.29. The standard InChI is InChI=1S/C13H17N7OS/c1-2-19(9-14-1)12-15-11(18-3-6-21-7-4-18)16-13(17-12)20-5-8-22-10-20/h1-2,9H,3-8,10H2. The lowest BCUT2D eigenvalue weighted by molar-refractivity contribution is 0.122. The molecule has 0 radical (unpaired) electrons. The second-order valence-electron chi connectivity index (χ2n) is 5.11. The molecule has 8 nitrogen and oxygen atoms in total. The van der Waals surface area contributed by atoms with Gasteiger partial charge in [0.1, 0.15) is 6.33 Å². The van der Waals surface area contributed by atoms with E-state index in [-0.39, 0.29) is 0 Å². The van der Waals surface area contributed by atoms with Gasteiger partial charge < -0.3 is 14.5 Å². The monoisotopic (exact) mass is 319 g/mol. The Labute approximate surface area is 132 Å². The van der Waals surface area contributed by atoms with Crippen LogP contribution in [0.3, 0.4) is 0 Å². The first-order chi connectivity index (χ1) is 10.9. The van der Waals surface area contributed by atoms with Gasteiger partial charge in [0, 0.05) is 37.8 Å². The maximum Gasteiger partial charge on any atom is 0.241 e.